The average Bonchev–Trinajstić information content (AvgIpc) is 2.84. The number of thioether (sulfide) groups is 1. The molecule has 0 spiro atoms. The summed E-state index contributed by atoms with van der Waals surface area (Å²) in [5.41, 5.74) is 0.957. The first-order chi connectivity index (χ1) is 10.6. The van der Waals surface area contributed by atoms with Crippen LogP contribution in [0.4, 0.5) is 10.1 Å². The molecule has 1 amide bonds. The highest BCUT2D eigenvalue weighted by Gasteiger charge is 2.24. The highest BCUT2D eigenvalue weighted by Crippen LogP contribution is 2.29. The number of benzene rings is 2. The first-order valence-corrected chi connectivity index (χ1v) is 7.26. The Labute approximate surface area is 130 Å². The second kappa shape index (κ2) is 6.03. The lowest BCUT2D eigenvalue weighted by Crippen LogP contribution is -2.19. The van der Waals surface area contributed by atoms with Gasteiger partial charge >= 0.3 is 0 Å². The molecular formula is C16H11FN2O2S. The molecule has 0 saturated carbocycles. The summed E-state index contributed by atoms with van der Waals surface area (Å²) in [6.07, 6.45) is 1.68. The van der Waals surface area contributed by atoms with Gasteiger partial charge in [0.05, 0.1) is 4.91 Å². The molecule has 6 heteroatoms. The van der Waals surface area contributed by atoms with Crippen molar-refractivity contribution >= 4 is 34.6 Å². The first kappa shape index (κ1) is 14.3. The zero-order valence-corrected chi connectivity index (χ0v) is 12.1. The molecule has 110 valence electrons. The molecule has 1 aliphatic heterocycles. The minimum atomic E-state index is -0.444. The Kier molecular flexibility index (Phi) is 3.93. The van der Waals surface area contributed by atoms with Crippen LogP contribution in [0.15, 0.2) is 58.4 Å². The van der Waals surface area contributed by atoms with Crippen molar-refractivity contribution in [1.82, 2.24) is 5.32 Å². The zero-order chi connectivity index (χ0) is 15.5. The fourth-order valence-electron chi connectivity index (χ4n) is 1.85. The molecule has 4 nitrogen and oxygen atoms in total. The molecule has 3 rings (SSSR count). The van der Waals surface area contributed by atoms with E-state index in [9.17, 15) is 14.3 Å². The van der Waals surface area contributed by atoms with Gasteiger partial charge in [0.2, 0.25) is 0 Å². The molecule has 1 heterocycles. The highest BCUT2D eigenvalue weighted by atomic mass is 32.2. The van der Waals surface area contributed by atoms with Crippen LogP contribution in [0, 0.1) is 5.82 Å². The second-order valence-electron chi connectivity index (χ2n) is 4.52. The van der Waals surface area contributed by atoms with Crippen molar-refractivity contribution in [3.05, 3.63) is 64.8 Å². The second-order valence-corrected chi connectivity index (χ2v) is 5.56. The Balaban J connectivity index is 1.84. The lowest BCUT2D eigenvalue weighted by Gasteiger charge is -1.97. The van der Waals surface area contributed by atoms with E-state index in [1.165, 1.54) is 24.3 Å². The lowest BCUT2D eigenvalue weighted by atomic mass is 10.2. The van der Waals surface area contributed by atoms with E-state index in [0.717, 1.165) is 17.3 Å². The zero-order valence-electron chi connectivity index (χ0n) is 11.3. The maximum atomic E-state index is 13.6. The van der Waals surface area contributed by atoms with Crippen molar-refractivity contribution in [2.45, 2.75) is 0 Å². The number of nitrogens with zero attached hydrogens (tertiary/aromatic N) is 1. The van der Waals surface area contributed by atoms with Crippen molar-refractivity contribution in [3.63, 3.8) is 0 Å². The maximum Gasteiger partial charge on any atom is 0.264 e. The number of halogens is 1. The van der Waals surface area contributed by atoms with Crippen LogP contribution in [0.25, 0.3) is 6.08 Å². The predicted octanol–water partition coefficient (Wildman–Crippen LogP) is 3.42. The molecule has 1 saturated heterocycles. The largest absolute Gasteiger partial charge is 0.508 e. The van der Waals surface area contributed by atoms with Crippen LogP contribution in [0.5, 0.6) is 5.75 Å². The normalized spacial score (nSPS) is 18.0. The van der Waals surface area contributed by atoms with Crippen molar-refractivity contribution in [2.75, 3.05) is 0 Å². The summed E-state index contributed by atoms with van der Waals surface area (Å²) in [5.74, 6) is -0.568. The Morgan fingerprint density at radius 1 is 1.14 bits per heavy atom. The van der Waals surface area contributed by atoms with Crippen LogP contribution in [-0.2, 0) is 4.79 Å². The van der Waals surface area contributed by atoms with Crippen LogP contribution < -0.4 is 5.32 Å². The van der Waals surface area contributed by atoms with E-state index in [4.69, 9.17) is 0 Å². The summed E-state index contributed by atoms with van der Waals surface area (Å²) in [6.45, 7) is 0. The summed E-state index contributed by atoms with van der Waals surface area (Å²) < 4.78 is 13.6. The summed E-state index contributed by atoms with van der Waals surface area (Å²) in [6, 6.07) is 12.6. The van der Waals surface area contributed by atoms with Gasteiger partial charge in [0.25, 0.3) is 5.91 Å². The SMILES string of the molecule is O=C1NC(=Nc2ccccc2F)SC1=Cc1ccc(O)cc1. The number of aromatic hydroxyl groups is 1. The molecule has 0 aliphatic carbocycles. The number of carbonyl (C=O) groups is 1. The minimum absolute atomic E-state index is 0.160. The van der Waals surface area contributed by atoms with Gasteiger partial charge in [-0.3, -0.25) is 4.79 Å². The summed E-state index contributed by atoms with van der Waals surface area (Å²) >= 11 is 1.14. The first-order valence-electron chi connectivity index (χ1n) is 6.45. The number of phenolic OH excluding ortho intramolecular Hbond substituents is 1. The van der Waals surface area contributed by atoms with Gasteiger partial charge in [-0.1, -0.05) is 24.3 Å². The van der Waals surface area contributed by atoms with E-state index >= 15 is 0 Å². The van der Waals surface area contributed by atoms with Crippen LogP contribution >= 0.6 is 11.8 Å². The standard InChI is InChI=1S/C16H11FN2O2S/c17-12-3-1-2-4-13(12)18-16-19-15(21)14(22-16)9-10-5-7-11(20)8-6-10/h1-9,20H,(H,18,19,21). The topological polar surface area (TPSA) is 61.7 Å². The van der Waals surface area contributed by atoms with E-state index in [-0.39, 0.29) is 17.3 Å². The number of phenols is 1. The Morgan fingerprint density at radius 3 is 2.59 bits per heavy atom. The van der Waals surface area contributed by atoms with Gasteiger partial charge in [-0.2, -0.15) is 0 Å². The minimum Gasteiger partial charge on any atom is -0.508 e. The number of nitrogens with one attached hydrogen (secondary N) is 1. The van der Waals surface area contributed by atoms with Gasteiger partial charge in [-0.05, 0) is 47.7 Å². The number of hydrogen-bond acceptors (Lipinski definition) is 4. The molecule has 1 aliphatic rings. The molecule has 0 unspecified atom stereocenters. The van der Waals surface area contributed by atoms with E-state index < -0.39 is 5.82 Å². The molecular weight excluding hydrogens is 303 g/mol. The van der Waals surface area contributed by atoms with Crippen LogP contribution in [0.3, 0.4) is 0 Å². The van der Waals surface area contributed by atoms with Crippen molar-refractivity contribution in [1.29, 1.82) is 0 Å². The van der Waals surface area contributed by atoms with Crippen molar-refractivity contribution in [3.8, 4) is 5.75 Å². The number of amides is 1. The van der Waals surface area contributed by atoms with E-state index in [1.54, 1.807) is 30.3 Å². The molecule has 2 N–H and O–H groups in total. The van der Waals surface area contributed by atoms with E-state index in [2.05, 4.69) is 10.3 Å². The summed E-state index contributed by atoms with van der Waals surface area (Å²) in [4.78, 5) is 16.5. The monoisotopic (exact) mass is 314 g/mol. The molecule has 0 aromatic heterocycles. The lowest BCUT2D eigenvalue weighted by molar-refractivity contribution is -0.115. The smallest absolute Gasteiger partial charge is 0.264 e. The number of rotatable bonds is 2. The van der Waals surface area contributed by atoms with Gasteiger partial charge in [0.15, 0.2) is 5.17 Å². The molecule has 2 aromatic rings. The van der Waals surface area contributed by atoms with E-state index in [0.29, 0.717) is 10.1 Å². The molecule has 1 fully saturated rings. The molecule has 0 radical (unpaired) electrons. The van der Waals surface area contributed by atoms with Crippen LogP contribution in [0.2, 0.25) is 0 Å². The predicted molar refractivity (Wildman–Crippen MR) is 85.3 cm³/mol. The van der Waals surface area contributed by atoms with Gasteiger partial charge in [0, 0.05) is 0 Å². The number of para-hydroxylation sites is 1. The summed E-state index contributed by atoms with van der Waals surface area (Å²) in [7, 11) is 0. The van der Waals surface area contributed by atoms with Gasteiger partial charge < -0.3 is 10.4 Å². The highest BCUT2D eigenvalue weighted by molar-refractivity contribution is 8.18. The Morgan fingerprint density at radius 2 is 1.86 bits per heavy atom. The van der Waals surface area contributed by atoms with Gasteiger partial charge in [-0.15, -0.1) is 0 Å². The maximum absolute atomic E-state index is 13.6. The van der Waals surface area contributed by atoms with Crippen LogP contribution in [0.1, 0.15) is 5.56 Å². The average molecular weight is 314 g/mol. The number of amidine groups is 1. The Bertz CT molecular complexity index is 785. The van der Waals surface area contributed by atoms with Crippen molar-refractivity contribution in [2.24, 2.45) is 4.99 Å². The fraction of sp³-hybridized carbons (Fsp3) is 0. The third kappa shape index (κ3) is 3.17. The molecule has 22 heavy (non-hydrogen) atoms. The fourth-order valence-corrected chi connectivity index (χ4v) is 2.69. The molecule has 0 bridgehead atoms. The summed E-state index contributed by atoms with van der Waals surface area (Å²) in [5, 5.41) is 12.2. The quantitative estimate of drug-likeness (QED) is 0.835. The molecule has 0 atom stereocenters. The van der Waals surface area contributed by atoms with Gasteiger partial charge in [0.1, 0.15) is 17.3 Å². The van der Waals surface area contributed by atoms with Crippen molar-refractivity contribution < 1.29 is 14.3 Å². The number of carbonyl (C=O) groups excluding carboxylic acids is 1. The Hall–Kier alpha value is -2.60. The van der Waals surface area contributed by atoms with Gasteiger partial charge in [-0.25, -0.2) is 9.38 Å². The number of hydrogen-bond donors (Lipinski definition) is 2. The van der Waals surface area contributed by atoms with E-state index in [1.807, 2.05) is 0 Å². The van der Waals surface area contributed by atoms with Crippen LogP contribution in [-0.4, -0.2) is 16.2 Å². The molecule has 2 aromatic carbocycles. The number of aliphatic imine (C=N–C) groups is 1. The third-order valence-corrected chi connectivity index (χ3v) is 3.83. The third-order valence-electron chi connectivity index (χ3n) is 2.92.